The Kier molecular flexibility index (Phi) is 8.36. The van der Waals surface area contributed by atoms with Gasteiger partial charge >= 0.3 is 0 Å². The van der Waals surface area contributed by atoms with Crippen molar-refractivity contribution in [2.75, 3.05) is 0 Å². The highest BCUT2D eigenvalue weighted by Gasteiger charge is 2.12. The van der Waals surface area contributed by atoms with Gasteiger partial charge in [-0.25, -0.2) is 5.43 Å². The molecule has 4 nitrogen and oxygen atoms in total. The molecule has 0 aromatic heterocycles. The number of ether oxygens (including phenoxy) is 1. The lowest BCUT2D eigenvalue weighted by atomic mass is 10.2. The van der Waals surface area contributed by atoms with Crippen LogP contribution in [0, 0.1) is 0 Å². The van der Waals surface area contributed by atoms with Crippen molar-refractivity contribution in [2.24, 2.45) is 5.10 Å². The first kappa shape index (κ1) is 21.9. The largest absolute Gasteiger partial charge is 0.489 e. The molecule has 0 radical (unpaired) electrons. The summed E-state index contributed by atoms with van der Waals surface area (Å²) in [6.07, 6.45) is 1.62. The zero-order chi connectivity index (χ0) is 21.2. The molecule has 0 spiro atoms. The number of carbonyl (C=O) groups is 1. The third-order valence-electron chi connectivity index (χ3n) is 4.28. The van der Waals surface area contributed by atoms with Crippen molar-refractivity contribution in [1.82, 2.24) is 5.43 Å². The minimum absolute atomic E-state index is 0.117. The van der Waals surface area contributed by atoms with Crippen molar-refractivity contribution in [3.8, 4) is 5.75 Å². The van der Waals surface area contributed by atoms with Gasteiger partial charge in [-0.3, -0.25) is 4.79 Å². The van der Waals surface area contributed by atoms with Crippen LogP contribution in [0.1, 0.15) is 23.6 Å². The van der Waals surface area contributed by atoms with Crippen molar-refractivity contribution in [2.45, 2.75) is 24.5 Å². The highest BCUT2D eigenvalue weighted by Crippen LogP contribution is 2.18. The normalized spacial score (nSPS) is 11.9. The minimum Gasteiger partial charge on any atom is -0.489 e. The van der Waals surface area contributed by atoms with E-state index in [0.29, 0.717) is 11.6 Å². The first-order valence-corrected chi connectivity index (χ1v) is 11.0. The van der Waals surface area contributed by atoms with E-state index in [4.69, 9.17) is 16.3 Å². The van der Waals surface area contributed by atoms with Gasteiger partial charge in [0.15, 0.2) is 0 Å². The number of benzene rings is 3. The molecule has 1 unspecified atom stereocenters. The van der Waals surface area contributed by atoms with Crippen LogP contribution in [0.3, 0.4) is 0 Å². The fourth-order valence-electron chi connectivity index (χ4n) is 2.58. The third-order valence-corrected chi connectivity index (χ3v) is 5.72. The number of hydrogen-bond acceptors (Lipinski definition) is 4. The summed E-state index contributed by atoms with van der Waals surface area (Å²) < 4.78 is 5.76. The van der Waals surface area contributed by atoms with Gasteiger partial charge < -0.3 is 4.74 Å². The molecule has 3 rings (SSSR count). The van der Waals surface area contributed by atoms with E-state index in [1.807, 2.05) is 73.7 Å². The van der Waals surface area contributed by atoms with Crippen LogP contribution in [0.25, 0.3) is 0 Å². The van der Waals surface area contributed by atoms with E-state index in [9.17, 15) is 4.79 Å². The van der Waals surface area contributed by atoms with Crippen LogP contribution in [-0.2, 0) is 17.2 Å². The highest BCUT2D eigenvalue weighted by atomic mass is 35.5. The summed E-state index contributed by atoms with van der Waals surface area (Å²) in [5.74, 6) is 1.42. The van der Waals surface area contributed by atoms with Gasteiger partial charge in [0.2, 0.25) is 0 Å². The maximum atomic E-state index is 12.2. The summed E-state index contributed by atoms with van der Waals surface area (Å²) in [6.45, 7) is 2.33. The second kappa shape index (κ2) is 11.4. The van der Waals surface area contributed by atoms with Crippen LogP contribution in [0.15, 0.2) is 84.0 Å². The van der Waals surface area contributed by atoms with E-state index >= 15 is 0 Å². The van der Waals surface area contributed by atoms with E-state index < -0.39 is 0 Å². The quantitative estimate of drug-likeness (QED) is 0.345. The minimum atomic E-state index is -0.190. The Bertz CT molecular complexity index is 978. The van der Waals surface area contributed by atoms with Gasteiger partial charge in [0.05, 0.1) is 11.5 Å². The standard InChI is InChI=1S/C24H23ClN2O2S/c1-18(30-17-20-6-3-2-4-7-20)24(28)27-26-15-19-10-12-23(13-11-19)29-16-21-8-5-9-22(25)14-21/h2-15,18H,16-17H2,1H3,(H,27,28)/b26-15+. The van der Waals surface area contributed by atoms with Crippen molar-refractivity contribution < 1.29 is 9.53 Å². The van der Waals surface area contributed by atoms with Crippen molar-refractivity contribution in [3.63, 3.8) is 0 Å². The molecule has 1 atom stereocenters. The first-order chi connectivity index (χ1) is 14.6. The van der Waals surface area contributed by atoms with Crippen molar-refractivity contribution in [1.29, 1.82) is 0 Å². The number of hydrogen-bond donors (Lipinski definition) is 1. The summed E-state index contributed by atoms with van der Waals surface area (Å²) in [6, 6.07) is 25.2. The van der Waals surface area contributed by atoms with E-state index in [1.54, 1.807) is 18.0 Å². The molecule has 3 aromatic carbocycles. The molecule has 3 aromatic rings. The summed E-state index contributed by atoms with van der Waals surface area (Å²) in [5, 5.41) is 4.56. The molecule has 0 bridgehead atoms. The van der Waals surface area contributed by atoms with Crippen LogP contribution >= 0.6 is 23.4 Å². The van der Waals surface area contributed by atoms with Crippen molar-refractivity contribution >= 4 is 35.5 Å². The molecule has 1 N–H and O–H groups in total. The SMILES string of the molecule is CC(SCc1ccccc1)C(=O)N/N=C/c1ccc(OCc2cccc(Cl)c2)cc1. The van der Waals surface area contributed by atoms with Crippen LogP contribution in [0.5, 0.6) is 5.75 Å². The molecule has 154 valence electrons. The molecule has 6 heteroatoms. The molecular weight excluding hydrogens is 416 g/mol. The summed E-state index contributed by atoms with van der Waals surface area (Å²) in [5.41, 5.74) is 5.68. The zero-order valence-electron chi connectivity index (χ0n) is 16.6. The molecule has 0 aliphatic rings. The van der Waals surface area contributed by atoms with Gasteiger partial charge in [0, 0.05) is 10.8 Å². The third kappa shape index (κ3) is 7.25. The maximum Gasteiger partial charge on any atom is 0.252 e. The molecule has 1 amide bonds. The lowest BCUT2D eigenvalue weighted by molar-refractivity contribution is -0.120. The second-order valence-electron chi connectivity index (χ2n) is 6.66. The average Bonchev–Trinajstić information content (AvgIpc) is 2.77. The van der Waals surface area contributed by atoms with Gasteiger partial charge in [0.25, 0.3) is 5.91 Å². The summed E-state index contributed by atoms with van der Waals surface area (Å²) in [7, 11) is 0. The highest BCUT2D eigenvalue weighted by molar-refractivity contribution is 7.99. The number of nitrogens with zero attached hydrogens (tertiary/aromatic N) is 1. The van der Waals surface area contributed by atoms with Gasteiger partial charge in [-0.05, 0) is 60.0 Å². The molecule has 0 saturated carbocycles. The topological polar surface area (TPSA) is 50.7 Å². The zero-order valence-corrected chi connectivity index (χ0v) is 18.2. The van der Waals surface area contributed by atoms with Gasteiger partial charge in [-0.2, -0.15) is 5.10 Å². The van der Waals surface area contributed by atoms with Crippen LogP contribution in [0.2, 0.25) is 5.02 Å². The first-order valence-electron chi connectivity index (χ1n) is 9.56. The fraction of sp³-hybridized carbons (Fsp3) is 0.167. The number of carbonyl (C=O) groups excluding carboxylic acids is 1. The maximum absolute atomic E-state index is 12.2. The number of thioether (sulfide) groups is 1. The molecule has 0 saturated heterocycles. The Morgan fingerprint density at radius 3 is 2.53 bits per heavy atom. The van der Waals surface area contributed by atoms with Gasteiger partial charge in [-0.15, -0.1) is 11.8 Å². The Labute approximate surface area is 186 Å². The molecule has 0 aliphatic carbocycles. The molecule has 0 fully saturated rings. The van der Waals surface area contributed by atoms with Crippen LogP contribution in [0.4, 0.5) is 0 Å². The van der Waals surface area contributed by atoms with E-state index in [-0.39, 0.29) is 11.2 Å². The molecule has 0 aliphatic heterocycles. The van der Waals surface area contributed by atoms with E-state index in [2.05, 4.69) is 22.7 Å². The van der Waals surface area contributed by atoms with Crippen LogP contribution < -0.4 is 10.2 Å². The Morgan fingerprint density at radius 2 is 1.80 bits per heavy atom. The lowest BCUT2D eigenvalue weighted by Crippen LogP contribution is -2.26. The molecule has 0 heterocycles. The van der Waals surface area contributed by atoms with Gasteiger partial charge in [-0.1, -0.05) is 54.1 Å². The van der Waals surface area contributed by atoms with E-state index in [0.717, 1.165) is 22.6 Å². The summed E-state index contributed by atoms with van der Waals surface area (Å²) >= 11 is 7.56. The van der Waals surface area contributed by atoms with Gasteiger partial charge in [0.1, 0.15) is 12.4 Å². The molecule has 30 heavy (non-hydrogen) atoms. The Morgan fingerprint density at radius 1 is 1.07 bits per heavy atom. The number of rotatable bonds is 9. The lowest BCUT2D eigenvalue weighted by Gasteiger charge is -2.09. The van der Waals surface area contributed by atoms with Crippen LogP contribution in [-0.4, -0.2) is 17.4 Å². The number of halogens is 1. The average molecular weight is 439 g/mol. The van der Waals surface area contributed by atoms with Crippen molar-refractivity contribution in [3.05, 3.63) is 101 Å². The fourth-order valence-corrected chi connectivity index (χ4v) is 3.63. The Balaban J connectivity index is 1.42. The number of hydrazone groups is 1. The predicted octanol–water partition coefficient (Wildman–Crippen LogP) is 5.69. The monoisotopic (exact) mass is 438 g/mol. The second-order valence-corrected chi connectivity index (χ2v) is 8.43. The smallest absolute Gasteiger partial charge is 0.252 e. The predicted molar refractivity (Wildman–Crippen MR) is 125 cm³/mol. The summed E-state index contributed by atoms with van der Waals surface area (Å²) in [4.78, 5) is 12.2. The number of amides is 1. The Hall–Kier alpha value is -2.76. The molecular formula is C24H23ClN2O2S. The number of nitrogens with one attached hydrogen (secondary N) is 1. The van der Waals surface area contributed by atoms with E-state index in [1.165, 1.54) is 5.56 Å².